The van der Waals surface area contributed by atoms with E-state index in [0.29, 0.717) is 0 Å². The summed E-state index contributed by atoms with van der Waals surface area (Å²) in [5.74, 6) is 2.91. The second-order valence-corrected chi connectivity index (χ2v) is 8.04. The zero-order chi connectivity index (χ0) is 15.9. The third-order valence-electron chi connectivity index (χ3n) is 5.99. The van der Waals surface area contributed by atoms with Crippen LogP contribution in [0.3, 0.4) is 0 Å². The Bertz CT molecular complexity index is 282. The lowest BCUT2D eigenvalue weighted by Crippen LogP contribution is -2.45. The van der Waals surface area contributed by atoms with Crippen LogP contribution in [-0.4, -0.2) is 36.6 Å². The molecule has 1 saturated heterocycles. The number of hydrogen-bond acceptors (Lipinski definition) is 2. The van der Waals surface area contributed by atoms with Crippen LogP contribution in [0.4, 0.5) is 0 Å². The molecule has 3 fully saturated rings. The first-order valence-corrected chi connectivity index (χ1v) is 10.2. The van der Waals surface area contributed by atoms with Crippen molar-refractivity contribution in [3.05, 3.63) is 0 Å². The van der Waals surface area contributed by atoms with Crippen LogP contribution in [0.25, 0.3) is 0 Å². The van der Waals surface area contributed by atoms with E-state index in [1.54, 1.807) is 0 Å². The van der Waals surface area contributed by atoms with Crippen molar-refractivity contribution in [1.82, 2.24) is 10.2 Å². The Kier molecular flexibility index (Phi) is 7.70. The first-order valence-electron chi connectivity index (χ1n) is 10.2. The van der Waals surface area contributed by atoms with Gasteiger partial charge in [-0.05, 0) is 82.2 Å². The molecule has 0 amide bonds. The minimum absolute atomic E-state index is 0.829. The SMILES string of the molecule is CC.CC(C)C1CCC(CN2CCC(NC3CC3)CC2)CC1. The first-order chi connectivity index (χ1) is 10.7. The smallest absolute Gasteiger partial charge is 0.00940 e. The van der Waals surface area contributed by atoms with Gasteiger partial charge in [0.1, 0.15) is 0 Å². The molecule has 0 atom stereocenters. The van der Waals surface area contributed by atoms with Gasteiger partial charge in [-0.3, -0.25) is 0 Å². The van der Waals surface area contributed by atoms with Gasteiger partial charge >= 0.3 is 0 Å². The Hall–Kier alpha value is -0.0800. The fourth-order valence-electron chi connectivity index (χ4n) is 4.27. The van der Waals surface area contributed by atoms with Gasteiger partial charge in [-0.2, -0.15) is 0 Å². The van der Waals surface area contributed by atoms with Crippen molar-refractivity contribution in [2.75, 3.05) is 19.6 Å². The average molecular weight is 309 g/mol. The van der Waals surface area contributed by atoms with Gasteiger partial charge in [0.2, 0.25) is 0 Å². The number of nitrogens with zero attached hydrogens (tertiary/aromatic N) is 1. The molecule has 1 N–H and O–H groups in total. The molecule has 2 heteroatoms. The second kappa shape index (κ2) is 9.27. The quantitative estimate of drug-likeness (QED) is 0.792. The van der Waals surface area contributed by atoms with E-state index in [1.807, 2.05) is 13.8 Å². The molecule has 2 aliphatic carbocycles. The number of likely N-dealkylation sites (tertiary alicyclic amines) is 1. The predicted molar refractivity (Wildman–Crippen MR) is 97.3 cm³/mol. The summed E-state index contributed by atoms with van der Waals surface area (Å²) in [5.41, 5.74) is 0. The zero-order valence-electron chi connectivity index (χ0n) is 15.6. The van der Waals surface area contributed by atoms with Crippen molar-refractivity contribution in [3.8, 4) is 0 Å². The molecular weight excluding hydrogens is 268 g/mol. The third kappa shape index (κ3) is 5.85. The molecule has 2 nitrogen and oxygen atoms in total. The van der Waals surface area contributed by atoms with Crippen molar-refractivity contribution >= 4 is 0 Å². The molecule has 0 unspecified atom stereocenters. The lowest BCUT2D eigenvalue weighted by atomic mass is 9.77. The second-order valence-electron chi connectivity index (χ2n) is 8.04. The summed E-state index contributed by atoms with van der Waals surface area (Å²) < 4.78 is 0. The summed E-state index contributed by atoms with van der Waals surface area (Å²) in [6.45, 7) is 12.9. The summed E-state index contributed by atoms with van der Waals surface area (Å²) in [6, 6.07) is 1.72. The summed E-state index contributed by atoms with van der Waals surface area (Å²) in [7, 11) is 0. The van der Waals surface area contributed by atoms with E-state index >= 15 is 0 Å². The van der Waals surface area contributed by atoms with Gasteiger partial charge in [0.25, 0.3) is 0 Å². The number of hydrogen-bond donors (Lipinski definition) is 1. The largest absolute Gasteiger partial charge is 0.311 e. The Morgan fingerprint density at radius 3 is 1.86 bits per heavy atom. The van der Waals surface area contributed by atoms with Crippen LogP contribution in [0.5, 0.6) is 0 Å². The van der Waals surface area contributed by atoms with Gasteiger partial charge in [0.05, 0.1) is 0 Å². The van der Waals surface area contributed by atoms with Gasteiger partial charge < -0.3 is 10.2 Å². The zero-order valence-corrected chi connectivity index (χ0v) is 15.6. The van der Waals surface area contributed by atoms with Gasteiger partial charge in [-0.25, -0.2) is 0 Å². The fraction of sp³-hybridized carbons (Fsp3) is 1.00. The van der Waals surface area contributed by atoms with Crippen LogP contribution in [0.2, 0.25) is 0 Å². The molecule has 0 spiro atoms. The number of piperidine rings is 1. The van der Waals surface area contributed by atoms with Crippen LogP contribution in [0.1, 0.15) is 79.1 Å². The highest BCUT2D eigenvalue weighted by Gasteiger charge is 2.29. The van der Waals surface area contributed by atoms with Crippen LogP contribution in [0, 0.1) is 17.8 Å². The molecule has 1 heterocycles. The van der Waals surface area contributed by atoms with E-state index in [0.717, 1.165) is 29.8 Å². The van der Waals surface area contributed by atoms with Crippen molar-refractivity contribution in [3.63, 3.8) is 0 Å². The molecule has 1 aliphatic heterocycles. The molecule has 0 aromatic rings. The lowest BCUT2D eigenvalue weighted by molar-refractivity contribution is 0.135. The van der Waals surface area contributed by atoms with Gasteiger partial charge in [0, 0.05) is 18.6 Å². The summed E-state index contributed by atoms with van der Waals surface area (Å²) in [4.78, 5) is 2.76. The molecule has 0 aromatic heterocycles. The molecule has 2 saturated carbocycles. The van der Waals surface area contributed by atoms with Gasteiger partial charge in [-0.1, -0.05) is 27.7 Å². The van der Waals surface area contributed by atoms with E-state index < -0.39 is 0 Å². The van der Waals surface area contributed by atoms with Crippen molar-refractivity contribution in [2.45, 2.75) is 91.1 Å². The molecule has 3 aliphatic rings. The minimum Gasteiger partial charge on any atom is -0.311 e. The monoisotopic (exact) mass is 308 g/mol. The van der Waals surface area contributed by atoms with E-state index in [-0.39, 0.29) is 0 Å². The van der Waals surface area contributed by atoms with Gasteiger partial charge in [-0.15, -0.1) is 0 Å². The summed E-state index contributed by atoms with van der Waals surface area (Å²) in [6.07, 6.45) is 11.6. The van der Waals surface area contributed by atoms with Crippen LogP contribution in [0.15, 0.2) is 0 Å². The highest BCUT2D eigenvalue weighted by atomic mass is 15.1. The predicted octanol–water partition coefficient (Wildman–Crippen LogP) is 4.69. The molecule has 0 radical (unpaired) electrons. The normalized spacial score (nSPS) is 31.0. The van der Waals surface area contributed by atoms with Crippen molar-refractivity contribution in [1.29, 1.82) is 0 Å². The molecule has 3 rings (SSSR count). The molecule has 0 bridgehead atoms. The average Bonchev–Trinajstić information content (AvgIpc) is 3.36. The van der Waals surface area contributed by atoms with E-state index in [1.165, 1.54) is 71.0 Å². The number of nitrogens with one attached hydrogen (secondary N) is 1. The maximum atomic E-state index is 3.81. The van der Waals surface area contributed by atoms with Crippen molar-refractivity contribution in [2.24, 2.45) is 17.8 Å². The Labute approximate surface area is 139 Å². The standard InChI is InChI=1S/C18H34N2.C2H6/c1-14(2)16-5-3-15(4-6-16)13-20-11-9-18(10-12-20)19-17-7-8-17;1-2/h14-19H,3-13H2,1-2H3;1-2H3. The highest BCUT2D eigenvalue weighted by Crippen LogP contribution is 2.34. The minimum atomic E-state index is 0.829. The molecule has 22 heavy (non-hydrogen) atoms. The molecule has 130 valence electrons. The summed E-state index contributed by atoms with van der Waals surface area (Å²) in [5, 5.41) is 3.81. The third-order valence-corrected chi connectivity index (χ3v) is 5.99. The maximum Gasteiger partial charge on any atom is 0.00940 e. The first kappa shape index (κ1) is 18.3. The van der Waals surface area contributed by atoms with E-state index in [2.05, 4.69) is 24.1 Å². The Morgan fingerprint density at radius 1 is 0.818 bits per heavy atom. The number of rotatable bonds is 5. The molecular formula is C20H40N2. The molecule has 0 aromatic carbocycles. The fourth-order valence-corrected chi connectivity index (χ4v) is 4.27. The van der Waals surface area contributed by atoms with Crippen LogP contribution >= 0.6 is 0 Å². The maximum absolute atomic E-state index is 3.81. The van der Waals surface area contributed by atoms with Crippen LogP contribution in [-0.2, 0) is 0 Å². The highest BCUT2D eigenvalue weighted by molar-refractivity contribution is 4.88. The van der Waals surface area contributed by atoms with Crippen LogP contribution < -0.4 is 5.32 Å². The van der Waals surface area contributed by atoms with Gasteiger partial charge in [0.15, 0.2) is 0 Å². The van der Waals surface area contributed by atoms with E-state index in [4.69, 9.17) is 0 Å². The van der Waals surface area contributed by atoms with Crippen molar-refractivity contribution < 1.29 is 0 Å². The lowest BCUT2D eigenvalue weighted by Gasteiger charge is -2.37. The summed E-state index contributed by atoms with van der Waals surface area (Å²) >= 11 is 0. The van der Waals surface area contributed by atoms with E-state index in [9.17, 15) is 0 Å². The Balaban J connectivity index is 0.000000847. The Morgan fingerprint density at radius 2 is 1.36 bits per heavy atom. The topological polar surface area (TPSA) is 15.3 Å².